The van der Waals surface area contributed by atoms with Crippen LogP contribution in [-0.4, -0.2) is 54.1 Å². The Kier molecular flexibility index (Phi) is 11.5. The van der Waals surface area contributed by atoms with Gasteiger partial charge in [0.2, 0.25) is 0 Å². The number of nitrogens with two attached hydrogens (primary N) is 2. The topological polar surface area (TPSA) is 215 Å². The van der Waals surface area contributed by atoms with Gasteiger partial charge in [-0.05, 0) is 24.7 Å². The number of aliphatic hydroxyl groups is 1. The average molecular weight is 353 g/mol. The van der Waals surface area contributed by atoms with E-state index in [0.29, 0.717) is 18.4 Å². The maximum absolute atomic E-state index is 9.48. The van der Waals surface area contributed by atoms with Gasteiger partial charge in [0.15, 0.2) is 17.5 Å². The molecule has 0 aliphatic heterocycles. The number of aromatic hydroxyl groups is 2. The highest BCUT2D eigenvalue weighted by atomic mass is 32.2. The third kappa shape index (κ3) is 16.1. The van der Waals surface area contributed by atoms with Crippen LogP contribution in [0.1, 0.15) is 11.7 Å². The van der Waals surface area contributed by atoms with Crippen molar-refractivity contribution in [1.82, 2.24) is 10.7 Å². The number of aliphatic hydroxyl groups excluding tert-OH is 1. The number of phenols is 2. The maximum Gasteiger partial charge on any atom is 0.261 e. The monoisotopic (exact) mass is 353 g/mol. The van der Waals surface area contributed by atoms with E-state index >= 15 is 0 Å². The largest absolute Gasteiger partial charge is 0.504 e. The highest BCUT2D eigenvalue weighted by Gasteiger charge is 2.08. The van der Waals surface area contributed by atoms with Crippen molar-refractivity contribution in [2.24, 2.45) is 11.6 Å². The molecular weight excluding hydrogens is 330 g/mol. The second kappa shape index (κ2) is 11.4. The predicted octanol–water partition coefficient (Wildman–Crippen LogP) is -1.80. The van der Waals surface area contributed by atoms with E-state index in [1.165, 1.54) is 12.1 Å². The SMILES string of the molecule is CNCC(O)c1ccc(O)c(O)c1.CS(=O)(=O)O.N=C(N)NN. The van der Waals surface area contributed by atoms with Gasteiger partial charge in [-0.3, -0.25) is 15.4 Å². The smallest absolute Gasteiger partial charge is 0.261 e. The Labute approximate surface area is 134 Å². The minimum absolute atomic E-state index is 0.180. The van der Waals surface area contributed by atoms with Gasteiger partial charge in [-0.25, -0.2) is 5.84 Å². The van der Waals surface area contributed by atoms with Crippen LogP contribution in [0.25, 0.3) is 0 Å². The van der Waals surface area contributed by atoms with E-state index in [2.05, 4.69) is 16.9 Å². The zero-order valence-corrected chi connectivity index (χ0v) is 13.5. The molecule has 0 aromatic heterocycles. The van der Waals surface area contributed by atoms with Crippen molar-refractivity contribution in [3.63, 3.8) is 0 Å². The summed E-state index contributed by atoms with van der Waals surface area (Å²) in [5.74, 6) is 3.96. The fourth-order valence-corrected chi connectivity index (χ4v) is 1.06. The van der Waals surface area contributed by atoms with Crippen LogP contribution in [-0.2, 0) is 10.1 Å². The lowest BCUT2D eigenvalue weighted by Crippen LogP contribution is -2.35. The van der Waals surface area contributed by atoms with Gasteiger partial charge in [0.25, 0.3) is 10.1 Å². The van der Waals surface area contributed by atoms with Gasteiger partial charge in [0.1, 0.15) is 0 Å². The molecule has 0 saturated carbocycles. The highest BCUT2D eigenvalue weighted by molar-refractivity contribution is 7.85. The summed E-state index contributed by atoms with van der Waals surface area (Å²) < 4.78 is 25.9. The number of benzene rings is 1. The summed E-state index contributed by atoms with van der Waals surface area (Å²) in [4.78, 5) is 0. The number of phenolic OH excluding ortho intramolecular Hbond substituents is 2. The molecule has 1 atom stereocenters. The van der Waals surface area contributed by atoms with Crippen LogP contribution in [0.2, 0.25) is 0 Å². The Bertz CT molecular complexity index is 572. The van der Waals surface area contributed by atoms with Gasteiger partial charge in [-0.15, -0.1) is 0 Å². The zero-order valence-electron chi connectivity index (χ0n) is 12.7. The summed E-state index contributed by atoms with van der Waals surface area (Å²) >= 11 is 0. The van der Waals surface area contributed by atoms with Crippen molar-refractivity contribution in [1.29, 1.82) is 5.41 Å². The Morgan fingerprint density at radius 1 is 1.35 bits per heavy atom. The predicted molar refractivity (Wildman–Crippen MR) is 85.4 cm³/mol. The molecule has 0 amide bonds. The molecule has 1 rings (SSSR count). The summed E-state index contributed by atoms with van der Waals surface area (Å²) in [6.07, 6.45) is 0.0454. The number of hydrogen-bond donors (Lipinski definition) is 9. The van der Waals surface area contributed by atoms with Gasteiger partial charge in [0.05, 0.1) is 12.4 Å². The summed E-state index contributed by atoms with van der Waals surface area (Å²) in [5, 5.41) is 36.7. The summed E-state index contributed by atoms with van der Waals surface area (Å²) in [5.41, 5.74) is 7.10. The molecule has 0 bridgehead atoms. The number of nitrogens with one attached hydrogen (secondary N) is 3. The Morgan fingerprint density at radius 2 is 1.78 bits per heavy atom. The summed E-state index contributed by atoms with van der Waals surface area (Å²) in [6, 6.07) is 4.26. The third-order valence-electron chi connectivity index (χ3n) is 1.94. The minimum atomic E-state index is -3.67. The first kappa shape index (κ1) is 23.2. The average Bonchev–Trinajstić information content (AvgIpc) is 2.41. The normalized spacial score (nSPS) is 11.2. The van der Waals surface area contributed by atoms with Crippen LogP contribution in [0.3, 0.4) is 0 Å². The maximum atomic E-state index is 9.48. The quantitative estimate of drug-likeness (QED) is 0.0741. The molecule has 0 fully saturated rings. The first-order chi connectivity index (χ1) is 10.4. The molecule has 1 aromatic carbocycles. The lowest BCUT2D eigenvalue weighted by molar-refractivity contribution is 0.177. The fourth-order valence-electron chi connectivity index (χ4n) is 1.06. The molecule has 0 radical (unpaired) electrons. The van der Waals surface area contributed by atoms with Crippen molar-refractivity contribution in [2.45, 2.75) is 6.10 Å². The molecule has 0 saturated heterocycles. The Morgan fingerprint density at radius 3 is 2.09 bits per heavy atom. The van der Waals surface area contributed by atoms with E-state index in [0.717, 1.165) is 0 Å². The number of hydrazine groups is 1. The number of guanidine groups is 1. The van der Waals surface area contributed by atoms with E-state index in [1.54, 1.807) is 13.1 Å². The van der Waals surface area contributed by atoms with Crippen molar-refractivity contribution in [3.05, 3.63) is 23.8 Å². The summed E-state index contributed by atoms with van der Waals surface area (Å²) in [7, 11) is -1.94. The first-order valence-electron chi connectivity index (χ1n) is 6.00. The minimum Gasteiger partial charge on any atom is -0.504 e. The van der Waals surface area contributed by atoms with Crippen molar-refractivity contribution in [2.75, 3.05) is 19.8 Å². The molecule has 11 nitrogen and oxygen atoms in total. The van der Waals surface area contributed by atoms with Crippen LogP contribution >= 0.6 is 0 Å². The zero-order chi connectivity index (χ0) is 18.6. The Hall–Kier alpha value is -2.12. The highest BCUT2D eigenvalue weighted by Crippen LogP contribution is 2.27. The molecule has 0 heterocycles. The van der Waals surface area contributed by atoms with Crippen LogP contribution in [0.4, 0.5) is 0 Å². The van der Waals surface area contributed by atoms with Gasteiger partial charge >= 0.3 is 0 Å². The summed E-state index contributed by atoms with van der Waals surface area (Å²) in [6.45, 7) is 0.407. The molecule has 0 spiro atoms. The molecule has 11 N–H and O–H groups in total. The van der Waals surface area contributed by atoms with E-state index in [9.17, 15) is 13.5 Å². The van der Waals surface area contributed by atoms with Gasteiger partial charge in [-0.2, -0.15) is 8.42 Å². The van der Waals surface area contributed by atoms with Gasteiger partial charge in [0, 0.05) is 6.54 Å². The van der Waals surface area contributed by atoms with E-state index in [1.807, 2.05) is 5.43 Å². The molecule has 134 valence electrons. The lowest BCUT2D eigenvalue weighted by Gasteiger charge is -2.10. The molecule has 0 aliphatic rings. The van der Waals surface area contributed by atoms with Gasteiger partial charge in [-0.1, -0.05) is 6.07 Å². The van der Waals surface area contributed by atoms with E-state index in [4.69, 9.17) is 20.2 Å². The first-order valence-corrected chi connectivity index (χ1v) is 7.84. The molecule has 1 aromatic rings. The second-order valence-electron chi connectivity index (χ2n) is 4.11. The lowest BCUT2D eigenvalue weighted by atomic mass is 10.1. The number of rotatable bonds is 3. The van der Waals surface area contributed by atoms with Gasteiger partial charge < -0.3 is 26.4 Å². The van der Waals surface area contributed by atoms with E-state index in [-0.39, 0.29) is 17.5 Å². The van der Waals surface area contributed by atoms with Crippen molar-refractivity contribution in [3.8, 4) is 11.5 Å². The van der Waals surface area contributed by atoms with E-state index < -0.39 is 16.2 Å². The third-order valence-corrected chi connectivity index (χ3v) is 1.94. The molecule has 23 heavy (non-hydrogen) atoms. The van der Waals surface area contributed by atoms with Crippen LogP contribution in [0.5, 0.6) is 11.5 Å². The van der Waals surface area contributed by atoms with Crippen molar-refractivity contribution < 1.29 is 28.3 Å². The van der Waals surface area contributed by atoms with Crippen LogP contribution < -0.4 is 22.3 Å². The Balaban J connectivity index is 0. The van der Waals surface area contributed by atoms with Crippen molar-refractivity contribution >= 4 is 16.1 Å². The second-order valence-corrected chi connectivity index (χ2v) is 5.58. The molecular formula is C11H23N5O6S. The van der Waals surface area contributed by atoms with Crippen LogP contribution in [0, 0.1) is 5.41 Å². The number of hydrogen-bond acceptors (Lipinski definition) is 8. The fraction of sp³-hybridized carbons (Fsp3) is 0.364. The molecule has 1 unspecified atom stereocenters. The molecule has 0 aliphatic carbocycles. The molecule has 12 heteroatoms. The standard InChI is InChI=1S/C9H13NO3.CH6N4.CH4O3S/c1-10-5-9(13)6-2-3-7(11)8(12)4-6;2-1(3)5-4;1-5(2,3)4/h2-4,9-13H,5H2,1H3;4H2,(H4,2,3,5);1H3,(H,2,3,4). The van der Waals surface area contributed by atoms with Crippen LogP contribution in [0.15, 0.2) is 18.2 Å². The number of likely N-dealkylation sites (N-methyl/N-ethyl adjacent to an activating group) is 1.